The highest BCUT2D eigenvalue weighted by atomic mass is 19.1. The summed E-state index contributed by atoms with van der Waals surface area (Å²) in [4.78, 5) is 12.2. The molecule has 0 radical (unpaired) electrons. The second kappa shape index (κ2) is 4.76. The molecule has 0 saturated heterocycles. The molecule has 0 atom stereocenters. The van der Waals surface area contributed by atoms with Gasteiger partial charge in [0.1, 0.15) is 17.4 Å². The number of hydrogen-bond acceptors (Lipinski definition) is 2. The van der Waals surface area contributed by atoms with E-state index >= 15 is 0 Å². The quantitative estimate of drug-likeness (QED) is 0.899. The van der Waals surface area contributed by atoms with E-state index in [0.717, 1.165) is 12.1 Å². The maximum absolute atomic E-state index is 13.5. The molecule has 0 aromatic heterocycles. The molecule has 0 fully saturated rings. The summed E-state index contributed by atoms with van der Waals surface area (Å²) < 4.78 is 26.9. The normalized spacial score (nSPS) is 12.6. The number of benzene rings is 1. The highest BCUT2D eigenvalue weighted by Gasteiger charge is 2.40. The van der Waals surface area contributed by atoms with Crippen molar-refractivity contribution in [3.8, 4) is 0 Å². The first-order chi connectivity index (χ1) is 8.07. The van der Waals surface area contributed by atoms with E-state index in [1.165, 1.54) is 6.07 Å². The van der Waals surface area contributed by atoms with E-state index in [9.17, 15) is 13.6 Å². The molecule has 0 heterocycles. The van der Waals surface area contributed by atoms with Gasteiger partial charge in [0, 0.05) is 22.9 Å². The van der Waals surface area contributed by atoms with Crippen molar-refractivity contribution >= 4 is 5.78 Å². The van der Waals surface area contributed by atoms with Crippen molar-refractivity contribution in [2.45, 2.75) is 39.7 Å². The van der Waals surface area contributed by atoms with Crippen molar-refractivity contribution in [3.05, 3.63) is 35.4 Å². The molecule has 0 aliphatic carbocycles. The number of carbonyl (C=O) groups excluding carboxylic acids is 1. The number of ketones is 1. The Kier molecular flexibility index (Phi) is 3.91. The summed E-state index contributed by atoms with van der Waals surface area (Å²) in [5.41, 5.74) is 4.12. The molecule has 1 aromatic carbocycles. The summed E-state index contributed by atoms with van der Waals surface area (Å²) in [6, 6.07) is 3.56. The Hall–Kier alpha value is -1.29. The van der Waals surface area contributed by atoms with Gasteiger partial charge in [0.05, 0.1) is 0 Å². The zero-order valence-corrected chi connectivity index (χ0v) is 11.2. The fourth-order valence-corrected chi connectivity index (χ4v) is 1.44. The Morgan fingerprint density at radius 2 is 1.61 bits per heavy atom. The maximum Gasteiger partial charge on any atom is 0.144 e. The molecule has 100 valence electrons. The summed E-state index contributed by atoms with van der Waals surface area (Å²) in [6.07, 6.45) is -0.286. The predicted molar refractivity (Wildman–Crippen MR) is 67.1 cm³/mol. The van der Waals surface area contributed by atoms with Gasteiger partial charge in [-0.1, -0.05) is 19.9 Å². The highest BCUT2D eigenvalue weighted by Crippen LogP contribution is 2.31. The van der Waals surface area contributed by atoms with Gasteiger partial charge < -0.3 is 5.73 Å². The Bertz CT molecular complexity index is 441. The third-order valence-electron chi connectivity index (χ3n) is 3.71. The average molecular weight is 255 g/mol. The molecule has 2 nitrogen and oxygen atoms in total. The van der Waals surface area contributed by atoms with Gasteiger partial charge in [-0.3, -0.25) is 4.79 Å². The molecule has 0 aliphatic rings. The Morgan fingerprint density at radius 3 is 2.00 bits per heavy atom. The number of hydrogen-bond donors (Lipinski definition) is 1. The molecule has 18 heavy (non-hydrogen) atoms. The van der Waals surface area contributed by atoms with Gasteiger partial charge in [0.25, 0.3) is 0 Å². The molecule has 1 rings (SSSR count). The van der Waals surface area contributed by atoms with Crippen molar-refractivity contribution in [1.29, 1.82) is 0 Å². The van der Waals surface area contributed by atoms with E-state index in [4.69, 9.17) is 5.73 Å². The van der Waals surface area contributed by atoms with Gasteiger partial charge in [-0.15, -0.1) is 0 Å². The monoisotopic (exact) mass is 255 g/mol. The number of rotatable bonds is 4. The van der Waals surface area contributed by atoms with Crippen LogP contribution in [-0.2, 0) is 11.2 Å². The minimum absolute atomic E-state index is 0.195. The molecule has 1 aromatic rings. The fourth-order valence-electron chi connectivity index (χ4n) is 1.44. The minimum atomic E-state index is -0.859. The van der Waals surface area contributed by atoms with Crippen LogP contribution in [0.2, 0.25) is 0 Å². The first-order valence-electron chi connectivity index (χ1n) is 5.82. The summed E-state index contributed by atoms with van der Waals surface area (Å²) >= 11 is 0. The molecule has 0 spiro atoms. The van der Waals surface area contributed by atoms with Gasteiger partial charge >= 0.3 is 0 Å². The van der Waals surface area contributed by atoms with E-state index in [1.807, 2.05) is 0 Å². The Labute approximate surface area is 106 Å². The number of nitrogens with two attached hydrogens (primary N) is 1. The summed E-state index contributed by atoms with van der Waals surface area (Å²) in [6.45, 7) is 6.83. The first kappa shape index (κ1) is 14.8. The first-order valence-corrected chi connectivity index (χ1v) is 5.82. The van der Waals surface area contributed by atoms with Gasteiger partial charge in [-0.05, 0) is 26.0 Å². The van der Waals surface area contributed by atoms with Gasteiger partial charge in [0.15, 0.2) is 0 Å². The van der Waals surface area contributed by atoms with E-state index in [1.54, 1.807) is 27.7 Å². The summed E-state index contributed by atoms with van der Waals surface area (Å²) in [5, 5.41) is 0. The lowest BCUT2D eigenvalue weighted by Gasteiger charge is -2.37. The molecule has 4 heteroatoms. The molecular formula is C14H19F2NO. The lowest BCUT2D eigenvalue weighted by Crippen LogP contribution is -2.52. The molecule has 0 aliphatic heterocycles. The zero-order valence-electron chi connectivity index (χ0n) is 11.2. The van der Waals surface area contributed by atoms with Crippen LogP contribution in [0.3, 0.4) is 0 Å². The summed E-state index contributed by atoms with van der Waals surface area (Å²) in [5.74, 6) is -1.68. The standard InChI is InChI=1S/C14H19F2NO/c1-13(2,14(3,4)17)12(18)8-9-10(15)6-5-7-11(9)16/h5-7H,8,17H2,1-4H3. The third kappa shape index (κ3) is 2.75. The SMILES string of the molecule is CC(C)(N)C(C)(C)C(=O)Cc1c(F)cccc1F. The van der Waals surface area contributed by atoms with Crippen LogP contribution in [-0.4, -0.2) is 11.3 Å². The predicted octanol–water partition coefficient (Wildman–Crippen LogP) is 2.84. The molecule has 0 bridgehead atoms. The molecule has 0 unspecified atom stereocenters. The maximum atomic E-state index is 13.5. The Balaban J connectivity index is 3.03. The van der Waals surface area contributed by atoms with Crippen LogP contribution in [0.1, 0.15) is 33.3 Å². The highest BCUT2D eigenvalue weighted by molar-refractivity contribution is 5.87. The topological polar surface area (TPSA) is 43.1 Å². The van der Waals surface area contributed by atoms with Crippen molar-refractivity contribution in [2.24, 2.45) is 11.1 Å². The van der Waals surface area contributed by atoms with Crippen molar-refractivity contribution in [3.63, 3.8) is 0 Å². The van der Waals surface area contributed by atoms with E-state index in [0.29, 0.717) is 0 Å². The number of Topliss-reactive ketones (excluding diaryl/α,β-unsaturated/α-hetero) is 1. The fraction of sp³-hybridized carbons (Fsp3) is 0.500. The van der Waals surface area contributed by atoms with Crippen LogP contribution >= 0.6 is 0 Å². The molecular weight excluding hydrogens is 236 g/mol. The lowest BCUT2D eigenvalue weighted by atomic mass is 9.70. The van der Waals surface area contributed by atoms with Gasteiger partial charge in [-0.2, -0.15) is 0 Å². The smallest absolute Gasteiger partial charge is 0.144 e. The van der Waals surface area contributed by atoms with E-state index < -0.39 is 22.6 Å². The van der Waals surface area contributed by atoms with Crippen LogP contribution in [0.15, 0.2) is 18.2 Å². The van der Waals surface area contributed by atoms with Crippen LogP contribution in [0.25, 0.3) is 0 Å². The minimum Gasteiger partial charge on any atom is -0.325 e. The van der Waals surface area contributed by atoms with Crippen LogP contribution in [0, 0.1) is 17.0 Å². The van der Waals surface area contributed by atoms with Crippen molar-refractivity contribution in [1.82, 2.24) is 0 Å². The average Bonchev–Trinajstić information content (AvgIpc) is 2.21. The summed E-state index contributed by atoms with van der Waals surface area (Å²) in [7, 11) is 0. The molecule has 0 saturated carbocycles. The third-order valence-corrected chi connectivity index (χ3v) is 3.71. The van der Waals surface area contributed by atoms with Crippen LogP contribution in [0.5, 0.6) is 0 Å². The van der Waals surface area contributed by atoms with Crippen LogP contribution in [0.4, 0.5) is 8.78 Å². The van der Waals surface area contributed by atoms with Crippen LogP contribution < -0.4 is 5.73 Å². The van der Waals surface area contributed by atoms with E-state index in [2.05, 4.69) is 0 Å². The van der Waals surface area contributed by atoms with Crippen molar-refractivity contribution < 1.29 is 13.6 Å². The number of carbonyl (C=O) groups is 1. The largest absolute Gasteiger partial charge is 0.325 e. The van der Waals surface area contributed by atoms with Gasteiger partial charge in [-0.25, -0.2) is 8.78 Å². The zero-order chi connectivity index (χ0) is 14.1. The lowest BCUT2D eigenvalue weighted by molar-refractivity contribution is -0.129. The Morgan fingerprint density at radius 1 is 1.17 bits per heavy atom. The van der Waals surface area contributed by atoms with Crippen molar-refractivity contribution in [2.75, 3.05) is 0 Å². The second-order valence-corrected chi connectivity index (χ2v) is 5.65. The molecule has 2 N–H and O–H groups in total. The second-order valence-electron chi connectivity index (χ2n) is 5.65. The van der Waals surface area contributed by atoms with E-state index in [-0.39, 0.29) is 17.8 Å². The van der Waals surface area contributed by atoms with Gasteiger partial charge in [0.2, 0.25) is 0 Å². The number of halogens is 2. The molecule has 0 amide bonds.